The van der Waals surface area contributed by atoms with Crippen LogP contribution in [0.5, 0.6) is 5.75 Å². The maximum absolute atomic E-state index is 10.6. The Kier molecular flexibility index (Phi) is 5.65. The molecule has 0 heterocycles. The second-order valence-corrected chi connectivity index (χ2v) is 4.23. The van der Waals surface area contributed by atoms with Crippen molar-refractivity contribution < 1.29 is 14.6 Å². The lowest BCUT2D eigenvalue weighted by Crippen LogP contribution is -2.17. The van der Waals surface area contributed by atoms with Gasteiger partial charge >= 0.3 is 5.97 Å². The molecular formula is C14H21NO3. The molecule has 100 valence electrons. The summed E-state index contributed by atoms with van der Waals surface area (Å²) >= 11 is 0. The summed E-state index contributed by atoms with van der Waals surface area (Å²) in [6.45, 7) is 4.60. The predicted molar refractivity (Wildman–Crippen MR) is 71.0 cm³/mol. The molecule has 0 aromatic heterocycles. The van der Waals surface area contributed by atoms with E-state index in [4.69, 9.17) is 9.84 Å². The van der Waals surface area contributed by atoms with Crippen molar-refractivity contribution in [1.29, 1.82) is 0 Å². The number of carbonyl (C=O) groups is 1. The number of hydrogen-bond acceptors (Lipinski definition) is 3. The van der Waals surface area contributed by atoms with Crippen molar-refractivity contribution in [3.63, 3.8) is 0 Å². The topological polar surface area (TPSA) is 58.6 Å². The van der Waals surface area contributed by atoms with Crippen LogP contribution in [0.3, 0.4) is 0 Å². The van der Waals surface area contributed by atoms with E-state index in [0.717, 1.165) is 16.9 Å². The van der Waals surface area contributed by atoms with E-state index < -0.39 is 5.97 Å². The molecule has 0 aliphatic rings. The fourth-order valence-corrected chi connectivity index (χ4v) is 1.95. The van der Waals surface area contributed by atoms with Crippen LogP contribution in [0.1, 0.15) is 36.9 Å². The Morgan fingerprint density at radius 3 is 2.72 bits per heavy atom. The van der Waals surface area contributed by atoms with E-state index in [9.17, 15) is 4.79 Å². The summed E-state index contributed by atoms with van der Waals surface area (Å²) in [5.74, 6) is 0.118. The monoisotopic (exact) mass is 251 g/mol. The van der Waals surface area contributed by atoms with Gasteiger partial charge in [-0.25, -0.2) is 0 Å². The number of aliphatic carboxylic acids is 1. The van der Waals surface area contributed by atoms with E-state index in [2.05, 4.69) is 5.32 Å². The molecule has 0 aliphatic heterocycles. The molecule has 18 heavy (non-hydrogen) atoms. The molecule has 0 bridgehead atoms. The molecular weight excluding hydrogens is 230 g/mol. The normalized spacial score (nSPS) is 12.2. The van der Waals surface area contributed by atoms with Crippen LogP contribution in [-0.2, 0) is 4.79 Å². The van der Waals surface area contributed by atoms with E-state index >= 15 is 0 Å². The van der Waals surface area contributed by atoms with Gasteiger partial charge in [0.2, 0.25) is 0 Å². The average Bonchev–Trinajstić information content (AvgIpc) is 2.33. The standard InChI is InChI=1S/C14H21NO3/c1-4-18-13-7-5-11(9-10(13)2)12(15-3)6-8-14(16)17/h5,7,9,12,15H,4,6,8H2,1-3H3,(H,16,17). The highest BCUT2D eigenvalue weighted by Gasteiger charge is 2.12. The third kappa shape index (κ3) is 4.04. The van der Waals surface area contributed by atoms with Crippen molar-refractivity contribution in [2.75, 3.05) is 13.7 Å². The summed E-state index contributed by atoms with van der Waals surface area (Å²) in [5, 5.41) is 11.9. The van der Waals surface area contributed by atoms with E-state index in [-0.39, 0.29) is 12.5 Å². The summed E-state index contributed by atoms with van der Waals surface area (Å²) in [7, 11) is 1.85. The molecule has 0 radical (unpaired) electrons. The van der Waals surface area contributed by atoms with Gasteiger partial charge in [-0.15, -0.1) is 0 Å². The first-order chi connectivity index (χ1) is 8.58. The fraction of sp³-hybridized carbons (Fsp3) is 0.500. The lowest BCUT2D eigenvalue weighted by molar-refractivity contribution is -0.137. The highest BCUT2D eigenvalue weighted by atomic mass is 16.5. The zero-order valence-electron chi connectivity index (χ0n) is 11.2. The Morgan fingerprint density at radius 1 is 1.50 bits per heavy atom. The van der Waals surface area contributed by atoms with Crippen molar-refractivity contribution in [3.05, 3.63) is 29.3 Å². The lowest BCUT2D eigenvalue weighted by Gasteiger charge is -2.17. The van der Waals surface area contributed by atoms with Gasteiger partial charge in [0.25, 0.3) is 0 Å². The molecule has 0 spiro atoms. The van der Waals surface area contributed by atoms with Gasteiger partial charge in [-0.1, -0.05) is 12.1 Å². The molecule has 2 N–H and O–H groups in total. The molecule has 1 aromatic rings. The first-order valence-corrected chi connectivity index (χ1v) is 6.20. The zero-order valence-corrected chi connectivity index (χ0v) is 11.2. The van der Waals surface area contributed by atoms with Crippen LogP contribution in [0.15, 0.2) is 18.2 Å². The molecule has 0 fully saturated rings. The van der Waals surface area contributed by atoms with Gasteiger partial charge in [0.05, 0.1) is 6.61 Å². The highest BCUT2D eigenvalue weighted by Crippen LogP contribution is 2.25. The van der Waals surface area contributed by atoms with Crippen molar-refractivity contribution in [2.45, 2.75) is 32.7 Å². The Balaban J connectivity index is 2.80. The van der Waals surface area contributed by atoms with Crippen LogP contribution < -0.4 is 10.1 Å². The largest absolute Gasteiger partial charge is 0.494 e. The molecule has 4 nitrogen and oxygen atoms in total. The second-order valence-electron chi connectivity index (χ2n) is 4.23. The molecule has 0 amide bonds. The van der Waals surface area contributed by atoms with E-state index in [0.29, 0.717) is 13.0 Å². The number of carboxylic acid groups (broad SMARTS) is 1. The first kappa shape index (κ1) is 14.5. The van der Waals surface area contributed by atoms with Crippen LogP contribution in [0.25, 0.3) is 0 Å². The zero-order chi connectivity index (χ0) is 13.5. The number of nitrogens with one attached hydrogen (secondary N) is 1. The number of hydrogen-bond donors (Lipinski definition) is 2. The number of carboxylic acids is 1. The molecule has 1 rings (SSSR count). The van der Waals surface area contributed by atoms with E-state index in [1.165, 1.54) is 0 Å². The van der Waals surface area contributed by atoms with Gasteiger partial charge in [-0.3, -0.25) is 4.79 Å². The van der Waals surface area contributed by atoms with Gasteiger partial charge in [-0.05, 0) is 44.5 Å². The number of benzene rings is 1. The van der Waals surface area contributed by atoms with Gasteiger partial charge in [0.15, 0.2) is 0 Å². The summed E-state index contributed by atoms with van der Waals surface area (Å²) in [4.78, 5) is 10.6. The van der Waals surface area contributed by atoms with Crippen molar-refractivity contribution in [1.82, 2.24) is 5.32 Å². The minimum Gasteiger partial charge on any atom is -0.494 e. The number of rotatable bonds is 7. The fourth-order valence-electron chi connectivity index (χ4n) is 1.95. The van der Waals surface area contributed by atoms with E-state index in [1.54, 1.807) is 0 Å². The Morgan fingerprint density at radius 2 is 2.22 bits per heavy atom. The lowest BCUT2D eigenvalue weighted by atomic mass is 10.00. The van der Waals surface area contributed by atoms with Crippen LogP contribution in [0.4, 0.5) is 0 Å². The van der Waals surface area contributed by atoms with Crippen molar-refractivity contribution in [2.24, 2.45) is 0 Å². The van der Waals surface area contributed by atoms with Crippen LogP contribution in [0.2, 0.25) is 0 Å². The average molecular weight is 251 g/mol. The van der Waals surface area contributed by atoms with Crippen LogP contribution >= 0.6 is 0 Å². The van der Waals surface area contributed by atoms with Crippen molar-refractivity contribution >= 4 is 5.97 Å². The minimum absolute atomic E-state index is 0.0653. The van der Waals surface area contributed by atoms with Crippen molar-refractivity contribution in [3.8, 4) is 5.75 Å². The molecule has 1 atom stereocenters. The predicted octanol–water partition coefficient (Wildman–Crippen LogP) is 2.52. The van der Waals surface area contributed by atoms with E-state index in [1.807, 2.05) is 39.1 Å². The Labute approximate surface area is 108 Å². The minimum atomic E-state index is -0.766. The summed E-state index contributed by atoms with van der Waals surface area (Å²) in [6, 6.07) is 6.05. The van der Waals surface area contributed by atoms with Crippen LogP contribution in [-0.4, -0.2) is 24.7 Å². The Hall–Kier alpha value is -1.55. The quantitative estimate of drug-likeness (QED) is 0.781. The molecule has 4 heteroatoms. The Bertz CT molecular complexity index is 404. The SMILES string of the molecule is CCOc1ccc(C(CCC(=O)O)NC)cc1C. The highest BCUT2D eigenvalue weighted by molar-refractivity contribution is 5.66. The van der Waals surface area contributed by atoms with Gasteiger partial charge in [-0.2, -0.15) is 0 Å². The van der Waals surface area contributed by atoms with Crippen LogP contribution in [0, 0.1) is 6.92 Å². The second kappa shape index (κ2) is 7.01. The molecule has 0 aliphatic carbocycles. The first-order valence-electron chi connectivity index (χ1n) is 6.20. The molecule has 1 unspecified atom stereocenters. The maximum Gasteiger partial charge on any atom is 0.303 e. The third-order valence-electron chi connectivity index (χ3n) is 2.90. The number of aryl methyl sites for hydroxylation is 1. The maximum atomic E-state index is 10.6. The molecule has 1 aromatic carbocycles. The molecule has 0 saturated heterocycles. The third-order valence-corrected chi connectivity index (χ3v) is 2.90. The van der Waals surface area contributed by atoms with Gasteiger partial charge in [0.1, 0.15) is 5.75 Å². The summed E-state index contributed by atoms with van der Waals surface area (Å²) in [5.41, 5.74) is 2.17. The number of ether oxygens (including phenoxy) is 1. The van der Waals surface area contributed by atoms with Gasteiger partial charge in [0, 0.05) is 12.5 Å². The molecule has 0 saturated carbocycles. The summed E-state index contributed by atoms with van der Waals surface area (Å²) in [6.07, 6.45) is 0.747. The summed E-state index contributed by atoms with van der Waals surface area (Å²) < 4.78 is 5.49. The smallest absolute Gasteiger partial charge is 0.303 e. The van der Waals surface area contributed by atoms with Gasteiger partial charge < -0.3 is 15.2 Å².